The molecule has 1 heteroatoms. The summed E-state index contributed by atoms with van der Waals surface area (Å²) in [6.45, 7) is 2.17. The zero-order chi connectivity index (χ0) is 4.57. The Hall–Kier alpha value is -0.460. The van der Waals surface area contributed by atoms with E-state index in [-0.39, 0.29) is 0 Å². The molecule has 0 saturated heterocycles. The molecule has 34 valence electrons. The largest absolute Gasteiger partial charge is 0.374 e. The number of likely N-dealkylation sites (N-methyl/N-ethyl adjacent to an activating group) is 1. The summed E-state index contributed by atoms with van der Waals surface area (Å²) in [4.78, 5) is 2.17. The lowest BCUT2D eigenvalue weighted by Crippen LogP contribution is -2.29. The predicted molar refractivity (Wildman–Crippen MR) is 26.4 cm³/mol. The molecule has 0 radical (unpaired) electrons. The average molecular weight is 83.1 g/mol. The van der Waals surface area contributed by atoms with E-state index in [0.717, 1.165) is 0 Å². The van der Waals surface area contributed by atoms with Crippen LogP contribution in [0.2, 0.25) is 0 Å². The van der Waals surface area contributed by atoms with Crippen molar-refractivity contribution in [1.82, 2.24) is 4.90 Å². The summed E-state index contributed by atoms with van der Waals surface area (Å²) < 4.78 is 0. The van der Waals surface area contributed by atoms with E-state index in [0.29, 0.717) is 6.04 Å². The fraction of sp³-hybridized carbons (Fsp3) is 0.600. The van der Waals surface area contributed by atoms with Gasteiger partial charge in [0.2, 0.25) is 0 Å². The minimum Gasteiger partial charge on any atom is -0.374 e. The molecule has 0 aliphatic carbocycles. The molecule has 1 rings (SSSR count). The monoisotopic (exact) mass is 83.1 g/mol. The summed E-state index contributed by atoms with van der Waals surface area (Å²) in [6, 6.07) is 0.685. The Morgan fingerprint density at radius 2 is 2.17 bits per heavy atom. The topological polar surface area (TPSA) is 3.24 Å². The Bertz CT molecular complexity index is 66.0. The van der Waals surface area contributed by atoms with Gasteiger partial charge in [-0.15, -0.1) is 0 Å². The lowest BCUT2D eigenvalue weighted by atomic mass is 10.2. The molecule has 0 aromatic heterocycles. The van der Waals surface area contributed by atoms with Crippen LogP contribution in [0, 0.1) is 0 Å². The van der Waals surface area contributed by atoms with Gasteiger partial charge < -0.3 is 4.90 Å². The number of hydrogen-bond acceptors (Lipinski definition) is 1. The molecule has 1 atom stereocenters. The molecule has 1 aliphatic rings. The van der Waals surface area contributed by atoms with Crippen molar-refractivity contribution in [1.29, 1.82) is 0 Å². The van der Waals surface area contributed by atoms with Crippen LogP contribution >= 0.6 is 0 Å². The van der Waals surface area contributed by atoms with Crippen LogP contribution in [-0.4, -0.2) is 18.0 Å². The molecular formula is C5H9N. The van der Waals surface area contributed by atoms with Crippen molar-refractivity contribution >= 4 is 0 Å². The first-order valence-electron chi connectivity index (χ1n) is 2.21. The fourth-order valence-electron chi connectivity index (χ4n) is 0.430. The van der Waals surface area contributed by atoms with Crippen LogP contribution in [-0.2, 0) is 0 Å². The fourth-order valence-corrected chi connectivity index (χ4v) is 0.430. The Kier molecular flexibility index (Phi) is 0.621. The molecular weight excluding hydrogens is 74.1 g/mol. The van der Waals surface area contributed by atoms with Crippen LogP contribution in [0.15, 0.2) is 12.3 Å². The van der Waals surface area contributed by atoms with E-state index < -0.39 is 0 Å². The zero-order valence-electron chi connectivity index (χ0n) is 4.18. The highest BCUT2D eigenvalue weighted by Gasteiger charge is 2.06. The Morgan fingerprint density at radius 3 is 2.17 bits per heavy atom. The number of rotatable bonds is 0. The third-order valence-corrected chi connectivity index (χ3v) is 1.24. The number of nitrogens with zero attached hydrogens (tertiary/aromatic N) is 1. The van der Waals surface area contributed by atoms with Crippen molar-refractivity contribution in [2.75, 3.05) is 7.05 Å². The second kappa shape index (κ2) is 1.00. The van der Waals surface area contributed by atoms with E-state index >= 15 is 0 Å². The van der Waals surface area contributed by atoms with Crippen molar-refractivity contribution in [2.45, 2.75) is 13.0 Å². The zero-order valence-corrected chi connectivity index (χ0v) is 4.18. The molecule has 0 aromatic carbocycles. The van der Waals surface area contributed by atoms with E-state index in [2.05, 4.69) is 31.1 Å². The summed E-state index contributed by atoms with van der Waals surface area (Å²) in [6.07, 6.45) is 4.24. The summed E-state index contributed by atoms with van der Waals surface area (Å²) >= 11 is 0. The maximum Gasteiger partial charge on any atom is 0.0452 e. The van der Waals surface area contributed by atoms with Crippen molar-refractivity contribution in [3.05, 3.63) is 12.3 Å². The molecule has 1 unspecified atom stereocenters. The lowest BCUT2D eigenvalue weighted by molar-refractivity contribution is 0.357. The van der Waals surface area contributed by atoms with E-state index in [9.17, 15) is 0 Å². The molecule has 1 aliphatic heterocycles. The molecule has 0 N–H and O–H groups in total. The minimum atomic E-state index is 0.685. The second-order valence-corrected chi connectivity index (χ2v) is 1.75. The summed E-state index contributed by atoms with van der Waals surface area (Å²) in [5.74, 6) is 0. The molecule has 0 fully saturated rings. The highest BCUT2D eigenvalue weighted by Crippen LogP contribution is 2.06. The lowest BCUT2D eigenvalue weighted by Gasteiger charge is -2.27. The van der Waals surface area contributed by atoms with Crippen molar-refractivity contribution in [3.63, 3.8) is 0 Å². The third-order valence-electron chi connectivity index (χ3n) is 1.24. The maximum atomic E-state index is 2.17. The smallest absolute Gasteiger partial charge is 0.0452 e. The molecule has 0 spiro atoms. The van der Waals surface area contributed by atoms with Gasteiger partial charge in [0.1, 0.15) is 0 Å². The van der Waals surface area contributed by atoms with Crippen LogP contribution in [0.1, 0.15) is 6.92 Å². The van der Waals surface area contributed by atoms with Gasteiger partial charge in [-0.05, 0) is 19.2 Å². The van der Waals surface area contributed by atoms with Gasteiger partial charge in [0.15, 0.2) is 0 Å². The van der Waals surface area contributed by atoms with Gasteiger partial charge in [-0.2, -0.15) is 0 Å². The SMILES string of the molecule is CC1C=CN1C. The predicted octanol–water partition coefficient (Wildman–Crippen LogP) is 0.834. The summed E-state index contributed by atoms with van der Waals surface area (Å²) in [5.41, 5.74) is 0. The molecule has 1 nitrogen and oxygen atoms in total. The van der Waals surface area contributed by atoms with Gasteiger partial charge in [0.05, 0.1) is 0 Å². The minimum absolute atomic E-state index is 0.685. The molecule has 0 saturated carbocycles. The van der Waals surface area contributed by atoms with E-state index in [1.165, 1.54) is 0 Å². The van der Waals surface area contributed by atoms with Crippen LogP contribution in [0.4, 0.5) is 0 Å². The molecule has 1 heterocycles. The Labute approximate surface area is 38.3 Å². The molecule has 0 amide bonds. The van der Waals surface area contributed by atoms with Gasteiger partial charge in [0.25, 0.3) is 0 Å². The first kappa shape index (κ1) is 3.72. The Morgan fingerprint density at radius 1 is 1.67 bits per heavy atom. The second-order valence-electron chi connectivity index (χ2n) is 1.75. The first-order chi connectivity index (χ1) is 2.80. The van der Waals surface area contributed by atoms with Crippen LogP contribution in [0.25, 0.3) is 0 Å². The number of hydrogen-bond donors (Lipinski definition) is 0. The third kappa shape index (κ3) is 0.313. The van der Waals surface area contributed by atoms with Crippen LogP contribution in [0.3, 0.4) is 0 Å². The quantitative estimate of drug-likeness (QED) is 0.419. The standard InChI is InChI=1S/C5H9N/c1-5-3-4-6(5)2/h3-5H,1-2H3. The molecule has 0 bridgehead atoms. The molecule has 0 aromatic rings. The van der Waals surface area contributed by atoms with E-state index in [1.807, 2.05) is 0 Å². The van der Waals surface area contributed by atoms with Crippen molar-refractivity contribution in [2.24, 2.45) is 0 Å². The van der Waals surface area contributed by atoms with Gasteiger partial charge in [-0.25, -0.2) is 0 Å². The normalized spacial score (nSPS) is 30.3. The van der Waals surface area contributed by atoms with Gasteiger partial charge >= 0.3 is 0 Å². The van der Waals surface area contributed by atoms with Crippen LogP contribution < -0.4 is 0 Å². The van der Waals surface area contributed by atoms with Gasteiger partial charge in [-0.1, -0.05) is 0 Å². The van der Waals surface area contributed by atoms with Crippen LogP contribution in [0.5, 0.6) is 0 Å². The highest BCUT2D eigenvalue weighted by atomic mass is 15.1. The van der Waals surface area contributed by atoms with E-state index in [1.54, 1.807) is 0 Å². The van der Waals surface area contributed by atoms with E-state index in [4.69, 9.17) is 0 Å². The van der Waals surface area contributed by atoms with Gasteiger partial charge in [-0.3, -0.25) is 0 Å². The summed E-state index contributed by atoms with van der Waals surface area (Å²) in [7, 11) is 2.07. The van der Waals surface area contributed by atoms with Crippen molar-refractivity contribution < 1.29 is 0 Å². The summed E-state index contributed by atoms with van der Waals surface area (Å²) in [5, 5.41) is 0. The Balaban J connectivity index is 2.45. The highest BCUT2D eigenvalue weighted by molar-refractivity contribution is 5.02. The maximum absolute atomic E-state index is 2.17. The van der Waals surface area contributed by atoms with Crippen molar-refractivity contribution in [3.8, 4) is 0 Å². The van der Waals surface area contributed by atoms with Gasteiger partial charge in [0, 0.05) is 13.1 Å². The molecule has 6 heavy (non-hydrogen) atoms. The first-order valence-corrected chi connectivity index (χ1v) is 2.21. The average Bonchev–Trinajstić information content (AvgIpc) is 1.61.